The number of hydrogen-bond acceptors (Lipinski definition) is 2. The van der Waals surface area contributed by atoms with Gasteiger partial charge in [-0.3, -0.25) is 0 Å². The molecule has 0 aliphatic rings. The molecule has 0 saturated heterocycles. The Kier molecular flexibility index (Phi) is 5.21. The Bertz CT molecular complexity index is 596. The molecule has 0 bridgehead atoms. The lowest BCUT2D eigenvalue weighted by Crippen LogP contribution is -2.19. The molecule has 112 valence electrons. The largest absolute Gasteiger partial charge is 0.378 e. The smallest absolute Gasteiger partial charge is 0.142 e. The molecule has 2 aromatic rings. The van der Waals surface area contributed by atoms with Gasteiger partial charge in [0.15, 0.2) is 0 Å². The summed E-state index contributed by atoms with van der Waals surface area (Å²) in [6, 6.07) is 13.4. The van der Waals surface area contributed by atoms with Crippen LogP contribution < -0.4 is 10.2 Å². The molecule has 0 fully saturated rings. The fourth-order valence-electron chi connectivity index (χ4n) is 2.32. The maximum Gasteiger partial charge on any atom is 0.142 e. The Morgan fingerprint density at radius 3 is 2.38 bits per heavy atom. The van der Waals surface area contributed by atoms with E-state index in [9.17, 15) is 4.39 Å². The average Bonchev–Trinajstić information content (AvgIpc) is 2.49. The van der Waals surface area contributed by atoms with Crippen LogP contribution in [0.3, 0.4) is 0 Å². The minimum Gasteiger partial charge on any atom is -0.378 e. The Hall–Kier alpha value is -1.58. The molecule has 1 N–H and O–H groups in total. The van der Waals surface area contributed by atoms with Gasteiger partial charge in [0.05, 0.1) is 5.02 Å². The summed E-state index contributed by atoms with van der Waals surface area (Å²) in [5, 5.41) is 3.48. The fourth-order valence-corrected chi connectivity index (χ4v) is 2.52. The Labute approximate surface area is 130 Å². The van der Waals surface area contributed by atoms with E-state index in [1.165, 1.54) is 6.07 Å². The van der Waals surface area contributed by atoms with Crippen LogP contribution in [0.5, 0.6) is 0 Å². The highest BCUT2D eigenvalue weighted by molar-refractivity contribution is 6.31. The van der Waals surface area contributed by atoms with Gasteiger partial charge in [-0.2, -0.15) is 0 Å². The number of anilines is 1. The maximum atomic E-state index is 13.5. The SMILES string of the molecule is CNC(Cc1cccc(F)c1Cl)c1ccc(N(C)C)cc1. The van der Waals surface area contributed by atoms with Crippen molar-refractivity contribution in [2.24, 2.45) is 0 Å². The minimum atomic E-state index is -0.369. The summed E-state index contributed by atoms with van der Waals surface area (Å²) in [6.07, 6.45) is 0.647. The second kappa shape index (κ2) is 6.92. The predicted octanol–water partition coefficient (Wildman–Crippen LogP) is 4.05. The van der Waals surface area contributed by atoms with E-state index < -0.39 is 0 Å². The number of likely N-dealkylation sites (N-methyl/N-ethyl adjacent to an activating group) is 1. The van der Waals surface area contributed by atoms with Crippen molar-refractivity contribution in [3.8, 4) is 0 Å². The number of hydrogen-bond donors (Lipinski definition) is 1. The van der Waals surface area contributed by atoms with Crippen molar-refractivity contribution in [2.45, 2.75) is 12.5 Å². The van der Waals surface area contributed by atoms with E-state index in [0.29, 0.717) is 6.42 Å². The van der Waals surface area contributed by atoms with Crippen LogP contribution in [-0.2, 0) is 6.42 Å². The Morgan fingerprint density at radius 1 is 1.14 bits per heavy atom. The van der Waals surface area contributed by atoms with E-state index in [1.54, 1.807) is 6.07 Å². The summed E-state index contributed by atoms with van der Waals surface area (Å²) in [7, 11) is 5.92. The molecule has 0 aliphatic heterocycles. The van der Waals surface area contributed by atoms with E-state index in [2.05, 4.69) is 34.5 Å². The molecule has 0 amide bonds. The topological polar surface area (TPSA) is 15.3 Å². The first-order valence-electron chi connectivity index (χ1n) is 6.90. The molecule has 1 unspecified atom stereocenters. The van der Waals surface area contributed by atoms with Crippen molar-refractivity contribution in [3.05, 3.63) is 64.4 Å². The molecule has 0 aromatic heterocycles. The first-order valence-corrected chi connectivity index (χ1v) is 7.28. The molecular formula is C17H20ClFN2. The number of benzene rings is 2. The molecular weight excluding hydrogens is 287 g/mol. The van der Waals surface area contributed by atoms with E-state index in [0.717, 1.165) is 16.8 Å². The predicted molar refractivity (Wildman–Crippen MR) is 87.7 cm³/mol. The summed E-state index contributed by atoms with van der Waals surface area (Å²) in [5.74, 6) is -0.369. The van der Waals surface area contributed by atoms with Gasteiger partial charge in [-0.25, -0.2) is 4.39 Å². The van der Waals surface area contributed by atoms with Crippen molar-refractivity contribution in [2.75, 3.05) is 26.0 Å². The quantitative estimate of drug-likeness (QED) is 0.896. The van der Waals surface area contributed by atoms with Gasteiger partial charge in [-0.05, 0) is 42.8 Å². The summed E-state index contributed by atoms with van der Waals surface area (Å²) >= 11 is 6.04. The monoisotopic (exact) mass is 306 g/mol. The van der Waals surface area contributed by atoms with Crippen molar-refractivity contribution < 1.29 is 4.39 Å². The lowest BCUT2D eigenvalue weighted by molar-refractivity contribution is 0.584. The van der Waals surface area contributed by atoms with Crippen molar-refractivity contribution in [1.29, 1.82) is 0 Å². The molecule has 0 spiro atoms. The highest BCUT2D eigenvalue weighted by Gasteiger charge is 2.14. The zero-order chi connectivity index (χ0) is 15.4. The summed E-state index contributed by atoms with van der Waals surface area (Å²) in [4.78, 5) is 2.06. The maximum absolute atomic E-state index is 13.5. The molecule has 2 nitrogen and oxygen atoms in total. The molecule has 2 aromatic carbocycles. The first kappa shape index (κ1) is 15.8. The van der Waals surface area contributed by atoms with Gasteiger partial charge < -0.3 is 10.2 Å². The third kappa shape index (κ3) is 3.74. The van der Waals surface area contributed by atoms with Crippen LogP contribution in [0.4, 0.5) is 10.1 Å². The van der Waals surface area contributed by atoms with Crippen molar-refractivity contribution >= 4 is 17.3 Å². The number of halogens is 2. The van der Waals surface area contributed by atoms with E-state index in [1.807, 2.05) is 27.2 Å². The van der Waals surface area contributed by atoms with E-state index in [4.69, 9.17) is 11.6 Å². The zero-order valence-electron chi connectivity index (χ0n) is 12.5. The highest BCUT2D eigenvalue weighted by Crippen LogP contribution is 2.26. The standard InChI is InChI=1S/C17H20ClFN2/c1-20-16(11-13-5-4-6-15(19)17(13)18)12-7-9-14(10-8-12)21(2)3/h4-10,16,20H,11H2,1-3H3. The first-order chi connectivity index (χ1) is 10.0. The third-order valence-corrected chi connectivity index (χ3v) is 4.04. The normalized spacial score (nSPS) is 12.2. The molecule has 21 heavy (non-hydrogen) atoms. The van der Waals surface area contributed by atoms with Crippen LogP contribution in [0, 0.1) is 5.82 Å². The van der Waals surface area contributed by atoms with Gasteiger partial charge in [0.2, 0.25) is 0 Å². The lowest BCUT2D eigenvalue weighted by atomic mass is 9.98. The van der Waals surface area contributed by atoms with Gasteiger partial charge in [-0.15, -0.1) is 0 Å². The van der Waals surface area contributed by atoms with Gasteiger partial charge in [0, 0.05) is 25.8 Å². The van der Waals surface area contributed by atoms with Crippen LogP contribution >= 0.6 is 11.6 Å². The van der Waals surface area contributed by atoms with Crippen molar-refractivity contribution in [1.82, 2.24) is 5.32 Å². The zero-order valence-corrected chi connectivity index (χ0v) is 13.3. The van der Waals surface area contributed by atoms with E-state index in [-0.39, 0.29) is 16.9 Å². The van der Waals surface area contributed by atoms with Gasteiger partial charge in [-0.1, -0.05) is 35.9 Å². The van der Waals surface area contributed by atoms with Gasteiger partial charge >= 0.3 is 0 Å². The third-order valence-electron chi connectivity index (χ3n) is 3.62. The second-order valence-corrected chi connectivity index (χ2v) is 5.62. The van der Waals surface area contributed by atoms with Crippen LogP contribution in [0.15, 0.2) is 42.5 Å². The molecule has 0 saturated carbocycles. The number of nitrogens with zero attached hydrogens (tertiary/aromatic N) is 1. The lowest BCUT2D eigenvalue weighted by Gasteiger charge is -2.19. The molecule has 2 rings (SSSR count). The van der Waals surface area contributed by atoms with Crippen LogP contribution in [0.1, 0.15) is 17.2 Å². The van der Waals surface area contributed by atoms with Crippen LogP contribution in [0.2, 0.25) is 5.02 Å². The number of rotatable bonds is 5. The van der Waals surface area contributed by atoms with Gasteiger partial charge in [0.1, 0.15) is 5.82 Å². The van der Waals surface area contributed by atoms with Crippen LogP contribution in [0.25, 0.3) is 0 Å². The molecule has 0 heterocycles. The fraction of sp³-hybridized carbons (Fsp3) is 0.294. The molecule has 0 radical (unpaired) electrons. The second-order valence-electron chi connectivity index (χ2n) is 5.24. The Balaban J connectivity index is 2.21. The summed E-state index contributed by atoms with van der Waals surface area (Å²) in [6.45, 7) is 0. The van der Waals surface area contributed by atoms with E-state index >= 15 is 0 Å². The molecule has 4 heteroatoms. The Morgan fingerprint density at radius 2 is 1.81 bits per heavy atom. The highest BCUT2D eigenvalue weighted by atomic mass is 35.5. The minimum absolute atomic E-state index is 0.0977. The van der Waals surface area contributed by atoms with Crippen LogP contribution in [-0.4, -0.2) is 21.1 Å². The number of nitrogens with one attached hydrogen (secondary N) is 1. The summed E-state index contributed by atoms with van der Waals surface area (Å²) < 4.78 is 13.5. The summed E-state index contributed by atoms with van der Waals surface area (Å²) in [5.41, 5.74) is 3.12. The average molecular weight is 307 g/mol. The van der Waals surface area contributed by atoms with Gasteiger partial charge in [0.25, 0.3) is 0 Å². The molecule has 0 aliphatic carbocycles. The molecule has 1 atom stereocenters. The van der Waals surface area contributed by atoms with Crippen molar-refractivity contribution in [3.63, 3.8) is 0 Å².